The molecule has 2 aromatic rings. The van der Waals surface area contributed by atoms with Crippen LogP contribution in [0, 0.1) is 5.41 Å². The molecule has 386 valence electrons. The molecule has 0 spiro atoms. The number of carbonyl (C=O) groups excluding carboxylic acids is 7. The molecular formula is C49H64O21. The predicted octanol–water partition coefficient (Wildman–Crippen LogP) is 3.95. The summed E-state index contributed by atoms with van der Waals surface area (Å²) in [6, 6.07) is 18.0. The fourth-order valence-corrected chi connectivity index (χ4v) is 8.01. The monoisotopic (exact) mass is 988 g/mol. The van der Waals surface area contributed by atoms with E-state index < -0.39 is 146 Å². The second kappa shape index (κ2) is 25.0. The molecule has 3 aliphatic heterocycles. The number of hydrogen-bond acceptors (Lipinski definition) is 21. The van der Waals surface area contributed by atoms with E-state index in [1.165, 1.54) is 13.8 Å². The summed E-state index contributed by atoms with van der Waals surface area (Å²) < 4.78 is 86.1. The predicted molar refractivity (Wildman–Crippen MR) is 237 cm³/mol. The first kappa shape index (κ1) is 55.4. The van der Waals surface area contributed by atoms with Gasteiger partial charge in [0.25, 0.3) is 0 Å². The number of ether oxygens (including phenoxy) is 14. The highest BCUT2D eigenvalue weighted by molar-refractivity contribution is 5.75. The summed E-state index contributed by atoms with van der Waals surface area (Å²) in [5, 5.41) is 0. The zero-order valence-corrected chi connectivity index (χ0v) is 41.1. The number of benzene rings is 2. The maximum absolute atomic E-state index is 13.5. The Balaban J connectivity index is 1.70. The van der Waals surface area contributed by atoms with Gasteiger partial charge in [0.05, 0.1) is 30.8 Å². The van der Waals surface area contributed by atoms with Gasteiger partial charge < -0.3 is 66.3 Å². The van der Waals surface area contributed by atoms with Crippen LogP contribution in [0.3, 0.4) is 0 Å². The fourth-order valence-electron chi connectivity index (χ4n) is 8.01. The van der Waals surface area contributed by atoms with Crippen LogP contribution >= 0.6 is 0 Å². The van der Waals surface area contributed by atoms with Gasteiger partial charge in [0.15, 0.2) is 55.5 Å². The van der Waals surface area contributed by atoms with Crippen LogP contribution < -0.4 is 0 Å². The van der Waals surface area contributed by atoms with Crippen molar-refractivity contribution in [3.63, 3.8) is 0 Å². The molecule has 0 saturated carbocycles. The van der Waals surface area contributed by atoms with Gasteiger partial charge in [-0.1, -0.05) is 60.7 Å². The Morgan fingerprint density at radius 3 is 1.21 bits per heavy atom. The topological polar surface area (TPSA) is 249 Å². The molecule has 3 fully saturated rings. The first-order valence-electron chi connectivity index (χ1n) is 22.8. The largest absolute Gasteiger partial charge is 0.462 e. The van der Waals surface area contributed by atoms with Gasteiger partial charge in [0.2, 0.25) is 0 Å². The lowest BCUT2D eigenvalue weighted by atomic mass is 9.95. The molecule has 0 bridgehead atoms. The Labute approximate surface area is 406 Å². The molecule has 21 nitrogen and oxygen atoms in total. The van der Waals surface area contributed by atoms with Gasteiger partial charge in [-0.25, -0.2) is 0 Å². The molecule has 3 aliphatic rings. The van der Waals surface area contributed by atoms with E-state index in [-0.39, 0.29) is 13.2 Å². The normalized spacial score (nSPS) is 31.0. The number of rotatable bonds is 18. The molecule has 15 atom stereocenters. The maximum atomic E-state index is 13.5. The molecule has 70 heavy (non-hydrogen) atoms. The van der Waals surface area contributed by atoms with Crippen LogP contribution in [-0.2, 0) is 113 Å². The van der Waals surface area contributed by atoms with Gasteiger partial charge in [0.1, 0.15) is 31.0 Å². The molecule has 0 amide bonds. The van der Waals surface area contributed by atoms with Crippen molar-refractivity contribution in [2.75, 3.05) is 6.61 Å². The van der Waals surface area contributed by atoms with Gasteiger partial charge in [0, 0.05) is 41.5 Å². The summed E-state index contributed by atoms with van der Waals surface area (Å²) in [5.74, 6) is -5.45. The minimum Gasteiger partial charge on any atom is -0.462 e. The van der Waals surface area contributed by atoms with Crippen molar-refractivity contribution in [2.45, 2.75) is 181 Å². The molecule has 0 aliphatic carbocycles. The standard InChI is InChI=1S/C49H64O21/c1-25-36(62-27(3)50)40(64-29(5)52)43(66-31(7)54)46(60-25)69-38-35(24-59-48(56)49(9,10)11)68-45(58-23-34-20-16-13-17-21-34)42(39(38)57-22-33-18-14-12-15-19-33)70-47-44(67-32(8)55)41(65-30(6)53)37(26(2)61-47)63-28(4)51/h12-21,25-26,35-47H,22-24H2,1-11H3/t25-,26-,35+,36-,37-,38+,39-,40+,41+,42+,43+,44+,45-,46-,47-/m0/s1. The number of carbonyl (C=O) groups is 7. The number of hydrogen-bond donors (Lipinski definition) is 0. The van der Waals surface area contributed by atoms with Crippen molar-refractivity contribution in [1.29, 1.82) is 0 Å². The summed E-state index contributed by atoms with van der Waals surface area (Å²) in [4.78, 5) is 89.1. The Morgan fingerprint density at radius 2 is 0.814 bits per heavy atom. The second-order valence-electron chi connectivity index (χ2n) is 18.0. The Morgan fingerprint density at radius 1 is 0.443 bits per heavy atom. The van der Waals surface area contributed by atoms with Crippen LogP contribution in [0.25, 0.3) is 0 Å². The summed E-state index contributed by atoms with van der Waals surface area (Å²) in [5.41, 5.74) is 0.383. The molecule has 2 aromatic carbocycles. The highest BCUT2D eigenvalue weighted by atomic mass is 16.8. The van der Waals surface area contributed by atoms with E-state index >= 15 is 0 Å². The zero-order chi connectivity index (χ0) is 51.4. The first-order chi connectivity index (χ1) is 33.0. The zero-order valence-electron chi connectivity index (χ0n) is 41.1. The Kier molecular flexibility index (Phi) is 19.8. The van der Waals surface area contributed by atoms with E-state index in [1.54, 1.807) is 69.3 Å². The third-order valence-corrected chi connectivity index (χ3v) is 11.0. The molecule has 3 heterocycles. The van der Waals surface area contributed by atoms with E-state index in [0.717, 1.165) is 41.5 Å². The average Bonchev–Trinajstić information content (AvgIpc) is 3.27. The fraction of sp³-hybridized carbons (Fsp3) is 0.612. The Hall–Kier alpha value is -5.55. The van der Waals surface area contributed by atoms with Crippen LogP contribution in [0.4, 0.5) is 0 Å². The van der Waals surface area contributed by atoms with E-state index in [0.29, 0.717) is 11.1 Å². The highest BCUT2D eigenvalue weighted by Crippen LogP contribution is 2.38. The lowest BCUT2D eigenvalue weighted by Crippen LogP contribution is -2.68. The van der Waals surface area contributed by atoms with E-state index in [4.69, 9.17) is 66.3 Å². The van der Waals surface area contributed by atoms with Gasteiger partial charge in [-0.3, -0.25) is 33.6 Å². The van der Waals surface area contributed by atoms with Crippen LogP contribution in [0.2, 0.25) is 0 Å². The minimum absolute atomic E-state index is 0.0872. The lowest BCUT2D eigenvalue weighted by molar-refractivity contribution is -0.390. The maximum Gasteiger partial charge on any atom is 0.311 e. The minimum atomic E-state index is -1.66. The SMILES string of the molecule is CC(=O)O[C@@H]1[C@@H](OC(C)=O)[C@H](C)O[C@@H](O[C@H]2[C@@H](OCc3ccccc3)O[C@H](COC(=O)C(C)(C)C)[C@@H](O[C@@H]3O[C@@H](C)[C@H](OC(C)=O)[C@@H](OC(C)=O)[C@H]3OC(C)=O)[C@@H]2OCc2ccccc2)[C@@H]1OC(C)=O. The summed E-state index contributed by atoms with van der Waals surface area (Å²) >= 11 is 0. The third-order valence-electron chi connectivity index (χ3n) is 11.0. The lowest BCUT2D eigenvalue weighted by Gasteiger charge is -2.50. The van der Waals surface area contributed by atoms with Crippen LogP contribution in [0.1, 0.15) is 87.3 Å². The summed E-state index contributed by atoms with van der Waals surface area (Å²) in [6.07, 6.45) is -21.4. The molecule has 0 N–H and O–H groups in total. The summed E-state index contributed by atoms with van der Waals surface area (Å²) in [7, 11) is 0. The van der Waals surface area contributed by atoms with E-state index in [2.05, 4.69) is 0 Å². The van der Waals surface area contributed by atoms with Crippen LogP contribution in [-0.4, -0.2) is 141 Å². The van der Waals surface area contributed by atoms with Crippen LogP contribution in [0.5, 0.6) is 0 Å². The van der Waals surface area contributed by atoms with Crippen molar-refractivity contribution >= 4 is 41.8 Å². The van der Waals surface area contributed by atoms with Gasteiger partial charge in [-0.2, -0.15) is 0 Å². The third kappa shape index (κ3) is 15.5. The Bertz CT molecular complexity index is 2090. The molecule has 21 heteroatoms. The van der Waals surface area contributed by atoms with Gasteiger partial charge >= 0.3 is 41.8 Å². The van der Waals surface area contributed by atoms with Crippen molar-refractivity contribution < 1.29 is 99.9 Å². The second-order valence-corrected chi connectivity index (χ2v) is 18.0. The molecular weight excluding hydrogens is 925 g/mol. The van der Waals surface area contributed by atoms with Crippen molar-refractivity contribution in [1.82, 2.24) is 0 Å². The molecule has 0 radical (unpaired) electrons. The smallest absolute Gasteiger partial charge is 0.311 e. The average molecular weight is 989 g/mol. The van der Waals surface area contributed by atoms with E-state index in [9.17, 15) is 33.6 Å². The highest BCUT2D eigenvalue weighted by Gasteiger charge is 2.58. The molecule has 3 saturated heterocycles. The van der Waals surface area contributed by atoms with Crippen molar-refractivity contribution in [2.24, 2.45) is 5.41 Å². The van der Waals surface area contributed by atoms with Gasteiger partial charge in [-0.15, -0.1) is 0 Å². The molecule has 5 rings (SSSR count). The quantitative estimate of drug-likeness (QED) is 0.151. The molecule has 0 unspecified atom stereocenters. The summed E-state index contributed by atoms with van der Waals surface area (Å²) in [6.45, 7) is 14.0. The van der Waals surface area contributed by atoms with Crippen molar-refractivity contribution in [3.8, 4) is 0 Å². The van der Waals surface area contributed by atoms with E-state index in [1.807, 2.05) is 12.1 Å². The molecule has 0 aromatic heterocycles. The van der Waals surface area contributed by atoms with Crippen molar-refractivity contribution in [3.05, 3.63) is 71.8 Å². The first-order valence-corrected chi connectivity index (χ1v) is 22.8. The van der Waals surface area contributed by atoms with Crippen LogP contribution in [0.15, 0.2) is 60.7 Å². The van der Waals surface area contributed by atoms with Gasteiger partial charge in [-0.05, 0) is 45.7 Å². The number of esters is 7.